The number of carboxylic acids is 1. The fourth-order valence-corrected chi connectivity index (χ4v) is 2.87. The molecule has 4 heteroatoms. The second kappa shape index (κ2) is 14.5. The van der Waals surface area contributed by atoms with Crippen molar-refractivity contribution in [1.29, 1.82) is 0 Å². The van der Waals surface area contributed by atoms with Gasteiger partial charge in [0.15, 0.2) is 0 Å². The van der Waals surface area contributed by atoms with E-state index in [1.54, 1.807) is 0 Å². The lowest BCUT2D eigenvalue weighted by Crippen LogP contribution is -2.37. The standard InChI is InChI=1S/C19H37NO3/c1-4-5-6-7-8-9-10-11-12-13-18(21)20-17(14-16(2)3)15-19(22)23/h16-17H,4-15H2,1-3H3,(H,20,21)(H,22,23). The Balaban J connectivity index is 3.68. The summed E-state index contributed by atoms with van der Waals surface area (Å²) in [5, 5.41) is 11.8. The van der Waals surface area contributed by atoms with E-state index in [0.29, 0.717) is 12.3 Å². The first-order chi connectivity index (χ1) is 11.0. The first-order valence-electron chi connectivity index (χ1n) is 9.46. The lowest BCUT2D eigenvalue weighted by atomic mass is 10.0. The molecule has 0 aromatic rings. The van der Waals surface area contributed by atoms with Crippen molar-refractivity contribution in [2.75, 3.05) is 0 Å². The van der Waals surface area contributed by atoms with E-state index in [1.165, 1.54) is 44.9 Å². The maximum absolute atomic E-state index is 11.9. The number of carbonyl (C=O) groups is 2. The van der Waals surface area contributed by atoms with Gasteiger partial charge in [-0.2, -0.15) is 0 Å². The smallest absolute Gasteiger partial charge is 0.305 e. The Morgan fingerprint density at radius 2 is 1.43 bits per heavy atom. The minimum absolute atomic E-state index is 0.000143. The zero-order valence-corrected chi connectivity index (χ0v) is 15.4. The molecule has 0 aromatic heterocycles. The molecule has 0 radical (unpaired) electrons. The molecule has 1 atom stereocenters. The van der Waals surface area contributed by atoms with Gasteiger partial charge in [0.2, 0.25) is 5.91 Å². The zero-order chi connectivity index (χ0) is 17.5. The molecule has 0 aromatic carbocycles. The Hall–Kier alpha value is -1.06. The third-order valence-corrected chi connectivity index (χ3v) is 4.05. The predicted molar refractivity (Wildman–Crippen MR) is 95.5 cm³/mol. The molecule has 0 aliphatic rings. The van der Waals surface area contributed by atoms with Gasteiger partial charge in [0.25, 0.3) is 0 Å². The van der Waals surface area contributed by atoms with E-state index in [4.69, 9.17) is 5.11 Å². The normalized spacial score (nSPS) is 12.3. The maximum atomic E-state index is 11.9. The van der Waals surface area contributed by atoms with E-state index < -0.39 is 5.97 Å². The van der Waals surface area contributed by atoms with Gasteiger partial charge in [-0.05, 0) is 18.8 Å². The van der Waals surface area contributed by atoms with Crippen molar-refractivity contribution in [1.82, 2.24) is 5.32 Å². The van der Waals surface area contributed by atoms with Crippen LogP contribution < -0.4 is 5.32 Å². The molecule has 0 rings (SSSR count). The van der Waals surface area contributed by atoms with E-state index in [9.17, 15) is 9.59 Å². The van der Waals surface area contributed by atoms with Crippen LogP contribution in [0.3, 0.4) is 0 Å². The third kappa shape index (κ3) is 15.6. The fourth-order valence-electron chi connectivity index (χ4n) is 2.87. The molecule has 0 saturated heterocycles. The number of amides is 1. The van der Waals surface area contributed by atoms with Gasteiger partial charge in [0.1, 0.15) is 0 Å². The number of rotatable bonds is 15. The second-order valence-corrected chi connectivity index (χ2v) is 7.07. The van der Waals surface area contributed by atoms with Gasteiger partial charge in [-0.15, -0.1) is 0 Å². The largest absolute Gasteiger partial charge is 0.481 e. The predicted octanol–water partition coefficient (Wildman–Crippen LogP) is 4.91. The van der Waals surface area contributed by atoms with Crippen LogP contribution in [-0.4, -0.2) is 23.0 Å². The van der Waals surface area contributed by atoms with Crippen LogP contribution in [0.25, 0.3) is 0 Å². The summed E-state index contributed by atoms with van der Waals surface area (Å²) in [5.74, 6) is -0.466. The van der Waals surface area contributed by atoms with Gasteiger partial charge >= 0.3 is 5.97 Å². The summed E-state index contributed by atoms with van der Waals surface area (Å²) in [5.41, 5.74) is 0. The summed E-state index contributed by atoms with van der Waals surface area (Å²) < 4.78 is 0. The highest BCUT2D eigenvalue weighted by molar-refractivity contribution is 5.77. The number of hydrogen-bond donors (Lipinski definition) is 2. The number of unbranched alkanes of at least 4 members (excludes halogenated alkanes) is 8. The Morgan fingerprint density at radius 1 is 0.913 bits per heavy atom. The molecular formula is C19H37NO3. The monoisotopic (exact) mass is 327 g/mol. The van der Waals surface area contributed by atoms with Crippen molar-refractivity contribution >= 4 is 11.9 Å². The molecular weight excluding hydrogens is 290 g/mol. The van der Waals surface area contributed by atoms with Crippen LogP contribution in [0.4, 0.5) is 0 Å². The minimum atomic E-state index is -0.848. The van der Waals surface area contributed by atoms with Crippen LogP contribution >= 0.6 is 0 Å². The fraction of sp³-hybridized carbons (Fsp3) is 0.895. The zero-order valence-electron chi connectivity index (χ0n) is 15.4. The molecule has 136 valence electrons. The molecule has 0 bridgehead atoms. The molecule has 1 amide bonds. The van der Waals surface area contributed by atoms with Crippen LogP contribution in [-0.2, 0) is 9.59 Å². The average molecular weight is 328 g/mol. The lowest BCUT2D eigenvalue weighted by molar-refractivity contribution is -0.137. The van der Waals surface area contributed by atoms with Crippen LogP contribution in [0.1, 0.15) is 97.8 Å². The highest BCUT2D eigenvalue weighted by Gasteiger charge is 2.16. The minimum Gasteiger partial charge on any atom is -0.481 e. The van der Waals surface area contributed by atoms with Crippen LogP contribution in [0, 0.1) is 5.92 Å². The van der Waals surface area contributed by atoms with Crippen LogP contribution in [0.2, 0.25) is 0 Å². The lowest BCUT2D eigenvalue weighted by Gasteiger charge is -2.18. The summed E-state index contributed by atoms with van der Waals surface area (Å²) in [6, 6.07) is -0.237. The quantitative estimate of drug-likeness (QED) is 0.420. The molecule has 0 fully saturated rings. The number of carbonyl (C=O) groups excluding carboxylic acids is 1. The van der Waals surface area contributed by atoms with Gasteiger partial charge < -0.3 is 10.4 Å². The van der Waals surface area contributed by atoms with E-state index in [-0.39, 0.29) is 18.4 Å². The number of aliphatic carboxylic acids is 1. The van der Waals surface area contributed by atoms with Crippen molar-refractivity contribution in [3.63, 3.8) is 0 Å². The van der Waals surface area contributed by atoms with Gasteiger partial charge in [-0.3, -0.25) is 9.59 Å². The van der Waals surface area contributed by atoms with E-state index >= 15 is 0 Å². The first kappa shape index (κ1) is 21.9. The Labute approximate surface area is 142 Å². The SMILES string of the molecule is CCCCCCCCCCCC(=O)NC(CC(=O)O)CC(C)C. The second-order valence-electron chi connectivity index (χ2n) is 7.07. The molecule has 0 aliphatic carbocycles. The summed E-state index contributed by atoms with van der Waals surface area (Å²) >= 11 is 0. The Kier molecular flexibility index (Phi) is 13.9. The number of hydrogen-bond acceptors (Lipinski definition) is 2. The summed E-state index contributed by atoms with van der Waals surface area (Å²) in [6.07, 6.45) is 12.3. The molecule has 0 aliphatic heterocycles. The maximum Gasteiger partial charge on any atom is 0.305 e. The highest BCUT2D eigenvalue weighted by Crippen LogP contribution is 2.12. The molecule has 0 spiro atoms. The molecule has 0 saturated carbocycles. The highest BCUT2D eigenvalue weighted by atomic mass is 16.4. The van der Waals surface area contributed by atoms with Crippen molar-refractivity contribution in [2.45, 2.75) is 104 Å². The van der Waals surface area contributed by atoms with Crippen molar-refractivity contribution < 1.29 is 14.7 Å². The molecule has 4 nitrogen and oxygen atoms in total. The molecule has 0 heterocycles. The van der Waals surface area contributed by atoms with E-state index in [0.717, 1.165) is 19.3 Å². The molecule has 23 heavy (non-hydrogen) atoms. The third-order valence-electron chi connectivity index (χ3n) is 4.05. The summed E-state index contributed by atoms with van der Waals surface area (Å²) in [4.78, 5) is 22.8. The van der Waals surface area contributed by atoms with Crippen LogP contribution in [0.15, 0.2) is 0 Å². The first-order valence-corrected chi connectivity index (χ1v) is 9.46. The summed E-state index contributed by atoms with van der Waals surface area (Å²) in [7, 11) is 0. The topological polar surface area (TPSA) is 66.4 Å². The van der Waals surface area contributed by atoms with Crippen LogP contribution in [0.5, 0.6) is 0 Å². The molecule has 2 N–H and O–H groups in total. The molecule has 1 unspecified atom stereocenters. The van der Waals surface area contributed by atoms with Crippen molar-refractivity contribution in [3.8, 4) is 0 Å². The van der Waals surface area contributed by atoms with Crippen molar-refractivity contribution in [2.24, 2.45) is 5.92 Å². The van der Waals surface area contributed by atoms with Gasteiger partial charge in [0.05, 0.1) is 6.42 Å². The number of nitrogens with one attached hydrogen (secondary N) is 1. The van der Waals surface area contributed by atoms with E-state index in [2.05, 4.69) is 12.2 Å². The summed E-state index contributed by atoms with van der Waals surface area (Å²) in [6.45, 7) is 6.32. The number of carboxylic acid groups (broad SMARTS) is 1. The Bertz CT molecular complexity index is 316. The van der Waals surface area contributed by atoms with Gasteiger partial charge in [-0.1, -0.05) is 72.1 Å². The average Bonchev–Trinajstić information content (AvgIpc) is 2.44. The van der Waals surface area contributed by atoms with E-state index in [1.807, 2.05) is 13.8 Å². The van der Waals surface area contributed by atoms with Gasteiger partial charge in [-0.25, -0.2) is 0 Å². The van der Waals surface area contributed by atoms with Gasteiger partial charge in [0, 0.05) is 12.5 Å². The Morgan fingerprint density at radius 3 is 1.91 bits per heavy atom. The van der Waals surface area contributed by atoms with Crippen molar-refractivity contribution in [3.05, 3.63) is 0 Å².